The van der Waals surface area contributed by atoms with Crippen molar-refractivity contribution in [3.8, 4) is 16.2 Å². The van der Waals surface area contributed by atoms with Gasteiger partial charge in [0.2, 0.25) is 0 Å². The molecule has 0 aliphatic heterocycles. The molecule has 1 heterocycles. The summed E-state index contributed by atoms with van der Waals surface area (Å²) in [5.74, 6) is 0.310. The molecule has 0 atom stereocenters. The van der Waals surface area contributed by atoms with Crippen LogP contribution < -0.4 is 10.1 Å². The van der Waals surface area contributed by atoms with Crippen molar-refractivity contribution in [3.63, 3.8) is 0 Å². The molecule has 0 bridgehead atoms. The number of ether oxygens (including phenoxy) is 1. The lowest BCUT2D eigenvalue weighted by atomic mass is 10.1. The van der Waals surface area contributed by atoms with Gasteiger partial charge in [-0.15, -0.1) is 0 Å². The lowest BCUT2D eigenvalue weighted by molar-refractivity contribution is -0.128. The third-order valence-corrected chi connectivity index (χ3v) is 4.73. The molecular formula is C19H17ClN2O2S. The van der Waals surface area contributed by atoms with Crippen molar-refractivity contribution in [3.05, 3.63) is 65.8 Å². The maximum absolute atomic E-state index is 12.6. The molecule has 0 aliphatic carbocycles. The summed E-state index contributed by atoms with van der Waals surface area (Å²) in [7, 11) is 0. The van der Waals surface area contributed by atoms with Crippen molar-refractivity contribution in [2.75, 3.05) is 5.32 Å². The minimum Gasteiger partial charge on any atom is -0.478 e. The maximum Gasteiger partial charge on any atom is 0.269 e. The van der Waals surface area contributed by atoms with Crippen molar-refractivity contribution in [1.82, 2.24) is 4.98 Å². The van der Waals surface area contributed by atoms with Crippen LogP contribution in [-0.4, -0.2) is 16.5 Å². The largest absolute Gasteiger partial charge is 0.478 e. The number of hydrogen-bond acceptors (Lipinski definition) is 4. The van der Waals surface area contributed by atoms with Crippen LogP contribution in [0.5, 0.6) is 5.75 Å². The Morgan fingerprint density at radius 3 is 2.48 bits per heavy atom. The van der Waals surface area contributed by atoms with E-state index in [1.807, 2.05) is 30.3 Å². The summed E-state index contributed by atoms with van der Waals surface area (Å²) in [6.07, 6.45) is 1.75. The SMILES string of the molecule is CC(C)(Oc1ccc(Cl)cc1)C(=O)Nc1ncc(-c2ccccc2)s1. The highest BCUT2D eigenvalue weighted by Gasteiger charge is 2.30. The molecule has 4 nitrogen and oxygen atoms in total. The molecule has 2 aromatic carbocycles. The van der Waals surface area contributed by atoms with Crippen molar-refractivity contribution in [2.45, 2.75) is 19.4 Å². The fourth-order valence-corrected chi connectivity index (χ4v) is 3.10. The first kappa shape index (κ1) is 17.5. The number of amides is 1. The zero-order valence-corrected chi connectivity index (χ0v) is 15.4. The Balaban J connectivity index is 1.68. The van der Waals surface area contributed by atoms with Crippen LogP contribution in [0.25, 0.3) is 10.4 Å². The van der Waals surface area contributed by atoms with E-state index >= 15 is 0 Å². The lowest BCUT2D eigenvalue weighted by Gasteiger charge is -2.24. The molecule has 0 spiro atoms. The summed E-state index contributed by atoms with van der Waals surface area (Å²) in [5.41, 5.74) is 0.0176. The highest BCUT2D eigenvalue weighted by molar-refractivity contribution is 7.19. The van der Waals surface area contributed by atoms with Gasteiger partial charge < -0.3 is 4.74 Å². The van der Waals surface area contributed by atoms with Gasteiger partial charge in [0.25, 0.3) is 5.91 Å². The summed E-state index contributed by atoms with van der Waals surface area (Å²) >= 11 is 7.29. The number of rotatable bonds is 5. The third-order valence-electron chi connectivity index (χ3n) is 3.52. The van der Waals surface area contributed by atoms with E-state index in [1.54, 1.807) is 44.3 Å². The van der Waals surface area contributed by atoms with Crippen LogP contribution in [0.3, 0.4) is 0 Å². The number of nitrogens with zero attached hydrogens (tertiary/aromatic N) is 1. The lowest BCUT2D eigenvalue weighted by Crippen LogP contribution is -2.42. The second kappa shape index (κ2) is 7.25. The Labute approximate surface area is 155 Å². The highest BCUT2D eigenvalue weighted by Crippen LogP contribution is 2.29. The van der Waals surface area contributed by atoms with Crippen molar-refractivity contribution >= 4 is 34.0 Å². The Morgan fingerprint density at radius 2 is 1.80 bits per heavy atom. The average molecular weight is 373 g/mol. The van der Waals surface area contributed by atoms with Gasteiger partial charge in [-0.2, -0.15) is 0 Å². The van der Waals surface area contributed by atoms with E-state index in [-0.39, 0.29) is 5.91 Å². The number of aromatic nitrogens is 1. The summed E-state index contributed by atoms with van der Waals surface area (Å²) in [6, 6.07) is 16.8. The van der Waals surface area contributed by atoms with Crippen LogP contribution in [0.15, 0.2) is 60.8 Å². The van der Waals surface area contributed by atoms with Gasteiger partial charge in [-0.25, -0.2) is 4.98 Å². The molecule has 1 aromatic heterocycles. The molecule has 0 unspecified atom stereocenters. The molecule has 0 radical (unpaired) electrons. The van der Waals surface area contributed by atoms with Gasteiger partial charge >= 0.3 is 0 Å². The number of anilines is 1. The second-order valence-electron chi connectivity index (χ2n) is 5.92. The van der Waals surface area contributed by atoms with Crippen molar-refractivity contribution in [1.29, 1.82) is 0 Å². The Hall–Kier alpha value is -2.37. The van der Waals surface area contributed by atoms with E-state index < -0.39 is 5.60 Å². The van der Waals surface area contributed by atoms with E-state index in [1.165, 1.54) is 11.3 Å². The molecule has 3 rings (SSSR count). The van der Waals surface area contributed by atoms with Gasteiger partial charge in [-0.1, -0.05) is 53.3 Å². The monoisotopic (exact) mass is 372 g/mol. The summed E-state index contributed by atoms with van der Waals surface area (Å²) in [5, 5.41) is 3.98. The molecule has 6 heteroatoms. The molecule has 3 aromatic rings. The van der Waals surface area contributed by atoms with E-state index in [4.69, 9.17) is 16.3 Å². The molecule has 0 saturated heterocycles. The summed E-state index contributed by atoms with van der Waals surface area (Å²) in [6.45, 7) is 3.42. The first-order valence-corrected chi connectivity index (χ1v) is 8.91. The van der Waals surface area contributed by atoms with E-state index in [0.717, 1.165) is 10.4 Å². The Morgan fingerprint density at radius 1 is 1.12 bits per heavy atom. The minimum atomic E-state index is -1.05. The van der Waals surface area contributed by atoms with E-state index in [9.17, 15) is 4.79 Å². The van der Waals surface area contributed by atoms with Gasteiger partial charge in [-0.3, -0.25) is 10.1 Å². The van der Waals surface area contributed by atoms with Crippen LogP contribution in [0.2, 0.25) is 5.02 Å². The van der Waals surface area contributed by atoms with Crippen LogP contribution in [-0.2, 0) is 4.79 Å². The van der Waals surface area contributed by atoms with Crippen LogP contribution in [0.4, 0.5) is 5.13 Å². The number of nitrogens with one attached hydrogen (secondary N) is 1. The topological polar surface area (TPSA) is 51.2 Å². The summed E-state index contributed by atoms with van der Waals surface area (Å²) < 4.78 is 5.79. The predicted octanol–water partition coefficient (Wildman–Crippen LogP) is 5.26. The third kappa shape index (κ3) is 4.38. The predicted molar refractivity (Wildman–Crippen MR) is 102 cm³/mol. The smallest absolute Gasteiger partial charge is 0.269 e. The Kier molecular flexibility index (Phi) is 5.06. The number of benzene rings is 2. The molecule has 1 N–H and O–H groups in total. The van der Waals surface area contributed by atoms with Crippen molar-refractivity contribution < 1.29 is 9.53 Å². The highest BCUT2D eigenvalue weighted by atomic mass is 35.5. The standard InChI is InChI=1S/C19H17ClN2O2S/c1-19(2,24-15-10-8-14(20)9-11-15)17(23)22-18-21-12-16(25-18)13-6-4-3-5-7-13/h3-12H,1-2H3,(H,21,22,23). The fraction of sp³-hybridized carbons (Fsp3) is 0.158. The maximum atomic E-state index is 12.6. The van der Waals surface area contributed by atoms with E-state index in [0.29, 0.717) is 15.9 Å². The molecule has 25 heavy (non-hydrogen) atoms. The van der Waals surface area contributed by atoms with Crippen LogP contribution in [0, 0.1) is 0 Å². The number of hydrogen-bond donors (Lipinski definition) is 1. The zero-order chi connectivity index (χ0) is 17.9. The first-order valence-electron chi connectivity index (χ1n) is 7.71. The van der Waals surface area contributed by atoms with Gasteiger partial charge in [-0.05, 0) is 43.7 Å². The average Bonchev–Trinajstić information content (AvgIpc) is 3.06. The number of halogens is 1. The van der Waals surface area contributed by atoms with Crippen LogP contribution >= 0.6 is 22.9 Å². The molecular weight excluding hydrogens is 356 g/mol. The second-order valence-corrected chi connectivity index (χ2v) is 7.38. The molecule has 0 saturated carbocycles. The molecule has 0 fully saturated rings. The quantitative estimate of drug-likeness (QED) is 0.664. The summed E-state index contributed by atoms with van der Waals surface area (Å²) in [4.78, 5) is 17.8. The minimum absolute atomic E-state index is 0.267. The van der Waals surface area contributed by atoms with Gasteiger partial charge in [0, 0.05) is 11.2 Å². The first-order chi connectivity index (χ1) is 11.9. The van der Waals surface area contributed by atoms with Crippen LogP contribution in [0.1, 0.15) is 13.8 Å². The molecule has 128 valence electrons. The molecule has 0 aliphatic rings. The van der Waals surface area contributed by atoms with Gasteiger partial charge in [0.05, 0.1) is 4.88 Å². The van der Waals surface area contributed by atoms with Gasteiger partial charge in [0.1, 0.15) is 5.75 Å². The van der Waals surface area contributed by atoms with E-state index in [2.05, 4.69) is 10.3 Å². The van der Waals surface area contributed by atoms with Gasteiger partial charge in [0.15, 0.2) is 10.7 Å². The normalized spacial score (nSPS) is 11.2. The van der Waals surface area contributed by atoms with Crippen molar-refractivity contribution in [2.24, 2.45) is 0 Å². The number of carbonyl (C=O) groups excluding carboxylic acids is 1. The molecule has 1 amide bonds. The number of carbonyl (C=O) groups is 1. The Bertz CT molecular complexity index is 861. The zero-order valence-electron chi connectivity index (χ0n) is 13.8. The number of thiazole rings is 1. The fourth-order valence-electron chi connectivity index (χ4n) is 2.16.